The summed E-state index contributed by atoms with van der Waals surface area (Å²) in [6, 6.07) is 14.9. The maximum Gasteiger partial charge on any atom is 0.230 e. The topological polar surface area (TPSA) is 76.1 Å². The minimum atomic E-state index is -0.0949. The molecule has 1 aromatic heterocycles. The third-order valence-electron chi connectivity index (χ3n) is 3.83. The van der Waals surface area contributed by atoms with Gasteiger partial charge in [0.1, 0.15) is 5.75 Å². The first-order chi connectivity index (χ1) is 13.5. The molecule has 1 unspecified atom stereocenters. The predicted molar refractivity (Wildman–Crippen MR) is 115 cm³/mol. The van der Waals surface area contributed by atoms with Gasteiger partial charge in [0, 0.05) is 5.02 Å². The van der Waals surface area contributed by atoms with Crippen molar-refractivity contribution < 1.29 is 9.53 Å². The number of halogens is 1. The van der Waals surface area contributed by atoms with Gasteiger partial charge in [-0.2, -0.15) is 0 Å². The van der Waals surface area contributed by atoms with Crippen LogP contribution in [-0.4, -0.2) is 29.0 Å². The van der Waals surface area contributed by atoms with E-state index in [1.807, 2.05) is 55.5 Å². The highest BCUT2D eigenvalue weighted by molar-refractivity contribution is 8.01. The Morgan fingerprint density at radius 1 is 1.21 bits per heavy atom. The minimum Gasteiger partial charge on any atom is -0.495 e. The maximum atomic E-state index is 12.2. The fourth-order valence-corrected chi connectivity index (χ4v) is 4.13. The first kappa shape index (κ1) is 20.4. The van der Waals surface area contributed by atoms with Crippen LogP contribution in [0.3, 0.4) is 0 Å². The Morgan fingerprint density at radius 2 is 1.96 bits per heavy atom. The second kappa shape index (κ2) is 9.77. The van der Waals surface area contributed by atoms with Crippen LogP contribution in [-0.2, 0) is 4.79 Å². The molecule has 3 aromatic rings. The average molecular weight is 435 g/mol. The highest BCUT2D eigenvalue weighted by atomic mass is 35.5. The maximum absolute atomic E-state index is 12.2. The van der Waals surface area contributed by atoms with E-state index in [0.717, 1.165) is 17.0 Å². The molecular weight excluding hydrogens is 416 g/mol. The number of para-hydroxylation sites is 2. The summed E-state index contributed by atoms with van der Waals surface area (Å²) in [6.45, 7) is 1.94. The van der Waals surface area contributed by atoms with Crippen LogP contribution in [0.4, 0.5) is 10.8 Å². The molecule has 0 fully saturated rings. The monoisotopic (exact) mass is 434 g/mol. The van der Waals surface area contributed by atoms with Crippen LogP contribution in [0.25, 0.3) is 0 Å². The molecule has 146 valence electrons. The highest BCUT2D eigenvalue weighted by Gasteiger charge is 2.12. The lowest BCUT2D eigenvalue weighted by Crippen LogP contribution is -2.28. The SMILES string of the molecule is COc1ccccc1Nc1nnc(SCC(=O)NC(C)c2ccc(Cl)cc2)s1. The van der Waals surface area contributed by atoms with Crippen molar-refractivity contribution in [1.82, 2.24) is 15.5 Å². The number of methoxy groups -OCH3 is 1. The second-order valence-corrected chi connectivity index (χ2v) is 8.46. The van der Waals surface area contributed by atoms with Gasteiger partial charge >= 0.3 is 0 Å². The molecule has 0 aliphatic heterocycles. The number of ether oxygens (including phenoxy) is 1. The van der Waals surface area contributed by atoms with Gasteiger partial charge in [-0.15, -0.1) is 10.2 Å². The molecule has 0 aliphatic rings. The minimum absolute atomic E-state index is 0.0677. The van der Waals surface area contributed by atoms with E-state index in [1.54, 1.807) is 7.11 Å². The lowest BCUT2D eigenvalue weighted by Gasteiger charge is -2.14. The number of nitrogens with zero attached hydrogens (tertiary/aromatic N) is 2. The average Bonchev–Trinajstić information content (AvgIpc) is 3.14. The number of benzene rings is 2. The van der Waals surface area contributed by atoms with Crippen molar-refractivity contribution in [3.05, 3.63) is 59.1 Å². The number of amides is 1. The van der Waals surface area contributed by atoms with Crippen LogP contribution in [0, 0.1) is 0 Å². The molecule has 2 aromatic carbocycles. The summed E-state index contributed by atoms with van der Waals surface area (Å²) < 4.78 is 6.03. The van der Waals surface area contributed by atoms with Crippen molar-refractivity contribution in [2.75, 3.05) is 18.2 Å². The molecule has 28 heavy (non-hydrogen) atoms. The van der Waals surface area contributed by atoms with E-state index in [-0.39, 0.29) is 17.7 Å². The molecule has 0 radical (unpaired) electrons. The zero-order valence-electron chi connectivity index (χ0n) is 15.3. The van der Waals surface area contributed by atoms with Gasteiger partial charge in [0.15, 0.2) is 4.34 Å². The van der Waals surface area contributed by atoms with Gasteiger partial charge in [0.05, 0.1) is 24.6 Å². The van der Waals surface area contributed by atoms with Crippen LogP contribution in [0.1, 0.15) is 18.5 Å². The summed E-state index contributed by atoms with van der Waals surface area (Å²) >= 11 is 8.63. The summed E-state index contributed by atoms with van der Waals surface area (Å²) in [5.41, 5.74) is 1.81. The summed E-state index contributed by atoms with van der Waals surface area (Å²) in [7, 11) is 1.62. The number of aromatic nitrogens is 2. The Hall–Kier alpha value is -2.29. The molecule has 3 rings (SSSR count). The summed E-state index contributed by atoms with van der Waals surface area (Å²) in [6.07, 6.45) is 0. The molecule has 1 atom stereocenters. The van der Waals surface area contributed by atoms with Gasteiger partial charge in [-0.05, 0) is 36.8 Å². The fourth-order valence-electron chi connectivity index (χ4n) is 2.43. The standard InChI is InChI=1S/C19H19ClN4O2S2/c1-12(13-7-9-14(20)10-8-13)21-17(25)11-27-19-24-23-18(28-19)22-15-5-3-4-6-16(15)26-2/h3-10,12H,11H2,1-2H3,(H,21,25)(H,22,23). The van der Waals surface area contributed by atoms with E-state index >= 15 is 0 Å². The molecule has 0 bridgehead atoms. The number of anilines is 2. The van der Waals surface area contributed by atoms with Crippen LogP contribution in [0.15, 0.2) is 52.9 Å². The zero-order valence-corrected chi connectivity index (χ0v) is 17.7. The van der Waals surface area contributed by atoms with Gasteiger partial charge in [-0.25, -0.2) is 0 Å². The Morgan fingerprint density at radius 3 is 2.71 bits per heavy atom. The number of hydrogen-bond acceptors (Lipinski definition) is 7. The highest BCUT2D eigenvalue weighted by Crippen LogP contribution is 2.31. The third-order valence-corrected chi connectivity index (χ3v) is 6.05. The summed E-state index contributed by atoms with van der Waals surface area (Å²) in [5.74, 6) is 0.922. The van der Waals surface area contributed by atoms with E-state index in [2.05, 4.69) is 20.8 Å². The fraction of sp³-hybridized carbons (Fsp3) is 0.211. The quantitative estimate of drug-likeness (QED) is 0.490. The number of hydrogen-bond donors (Lipinski definition) is 2. The lowest BCUT2D eigenvalue weighted by molar-refractivity contribution is -0.119. The van der Waals surface area contributed by atoms with E-state index in [1.165, 1.54) is 23.1 Å². The second-order valence-electron chi connectivity index (χ2n) is 5.83. The molecule has 0 saturated carbocycles. The number of carbonyl (C=O) groups excluding carboxylic acids is 1. The van der Waals surface area contributed by atoms with E-state index in [9.17, 15) is 4.79 Å². The third kappa shape index (κ3) is 5.60. The first-order valence-corrected chi connectivity index (χ1v) is 10.6. The Bertz CT molecular complexity index is 934. The van der Waals surface area contributed by atoms with Gasteiger partial charge < -0.3 is 15.4 Å². The lowest BCUT2D eigenvalue weighted by atomic mass is 10.1. The van der Waals surface area contributed by atoms with Crippen molar-refractivity contribution in [3.63, 3.8) is 0 Å². The Kier molecular flexibility index (Phi) is 7.13. The van der Waals surface area contributed by atoms with E-state index in [0.29, 0.717) is 14.5 Å². The Labute approximate surface area is 176 Å². The van der Waals surface area contributed by atoms with E-state index in [4.69, 9.17) is 16.3 Å². The van der Waals surface area contributed by atoms with Gasteiger partial charge in [0.2, 0.25) is 11.0 Å². The van der Waals surface area contributed by atoms with Gasteiger partial charge in [-0.3, -0.25) is 4.79 Å². The largest absolute Gasteiger partial charge is 0.495 e. The molecule has 1 heterocycles. The van der Waals surface area contributed by atoms with Crippen LogP contribution in [0.2, 0.25) is 5.02 Å². The molecule has 6 nitrogen and oxygen atoms in total. The van der Waals surface area contributed by atoms with Crippen molar-refractivity contribution in [2.24, 2.45) is 0 Å². The number of nitrogens with one attached hydrogen (secondary N) is 2. The summed E-state index contributed by atoms with van der Waals surface area (Å²) in [5, 5.41) is 15.7. The first-order valence-electron chi connectivity index (χ1n) is 8.46. The van der Waals surface area contributed by atoms with Gasteiger partial charge in [0.25, 0.3) is 0 Å². The van der Waals surface area contributed by atoms with Crippen LogP contribution in [0.5, 0.6) is 5.75 Å². The van der Waals surface area contributed by atoms with Gasteiger partial charge in [-0.1, -0.05) is 59.0 Å². The molecule has 0 aliphatic carbocycles. The molecule has 1 amide bonds. The molecule has 0 saturated heterocycles. The van der Waals surface area contributed by atoms with Crippen molar-refractivity contribution in [2.45, 2.75) is 17.3 Å². The molecule has 2 N–H and O–H groups in total. The van der Waals surface area contributed by atoms with Crippen molar-refractivity contribution >= 4 is 51.4 Å². The number of carbonyl (C=O) groups is 1. The predicted octanol–water partition coefficient (Wildman–Crippen LogP) is 4.91. The van der Waals surface area contributed by atoms with Crippen LogP contribution >= 0.6 is 34.7 Å². The van der Waals surface area contributed by atoms with Crippen molar-refractivity contribution in [1.29, 1.82) is 0 Å². The normalized spacial score (nSPS) is 11.7. The Balaban J connectivity index is 1.51. The number of thioether (sulfide) groups is 1. The number of rotatable bonds is 8. The van der Waals surface area contributed by atoms with E-state index < -0.39 is 0 Å². The molecule has 0 spiro atoms. The molecule has 9 heteroatoms. The zero-order chi connectivity index (χ0) is 19.9. The summed E-state index contributed by atoms with van der Waals surface area (Å²) in [4.78, 5) is 12.2. The van der Waals surface area contributed by atoms with Crippen molar-refractivity contribution in [3.8, 4) is 5.75 Å². The smallest absolute Gasteiger partial charge is 0.230 e. The molecular formula is C19H19ClN4O2S2. The van der Waals surface area contributed by atoms with Crippen LogP contribution < -0.4 is 15.4 Å².